The Bertz CT molecular complexity index is 480. The van der Waals surface area contributed by atoms with Gasteiger partial charge in [0.05, 0.1) is 6.04 Å². The van der Waals surface area contributed by atoms with Crippen LogP contribution in [0.5, 0.6) is 0 Å². The van der Waals surface area contributed by atoms with Crippen molar-refractivity contribution in [1.82, 2.24) is 4.90 Å². The van der Waals surface area contributed by atoms with Gasteiger partial charge in [0.25, 0.3) is 0 Å². The summed E-state index contributed by atoms with van der Waals surface area (Å²) in [6.07, 6.45) is 2.05. The first-order chi connectivity index (χ1) is 9.41. The summed E-state index contributed by atoms with van der Waals surface area (Å²) in [6, 6.07) is 5.19. The Kier molecular flexibility index (Phi) is 4.95. The fourth-order valence-electron chi connectivity index (χ4n) is 2.10. The monoisotopic (exact) mass is 314 g/mol. The Morgan fingerprint density at radius 1 is 1.35 bits per heavy atom. The Balaban J connectivity index is 2.20. The smallest absolute Gasteiger partial charge is 0.240 e. The lowest BCUT2D eigenvalue weighted by Gasteiger charge is -2.28. The molecule has 2 N–H and O–H groups in total. The van der Waals surface area contributed by atoms with Crippen LogP contribution in [-0.4, -0.2) is 22.9 Å². The number of halogens is 2. The largest absolute Gasteiger partial charge is 0.334 e. The molecule has 2 rings (SSSR count). The lowest BCUT2D eigenvalue weighted by atomic mass is 10.0. The Morgan fingerprint density at radius 2 is 1.90 bits per heavy atom. The Morgan fingerprint density at radius 3 is 2.35 bits per heavy atom. The molecule has 20 heavy (non-hydrogen) atoms. The van der Waals surface area contributed by atoms with Crippen molar-refractivity contribution in [2.45, 2.75) is 45.3 Å². The third kappa shape index (κ3) is 3.46. The van der Waals surface area contributed by atoms with Gasteiger partial charge in [-0.15, -0.1) is 0 Å². The molecule has 0 spiro atoms. The molecule has 0 heterocycles. The third-order valence-corrected chi connectivity index (χ3v) is 4.37. The summed E-state index contributed by atoms with van der Waals surface area (Å²) in [7, 11) is 0. The first-order valence-electron chi connectivity index (χ1n) is 6.90. The molecule has 1 aromatic carbocycles. The number of hydrogen-bond donors (Lipinski definition) is 1. The van der Waals surface area contributed by atoms with Crippen molar-refractivity contribution in [3.8, 4) is 0 Å². The topological polar surface area (TPSA) is 46.3 Å². The molecule has 1 amide bonds. The normalized spacial score (nSPS) is 16.3. The van der Waals surface area contributed by atoms with Gasteiger partial charge in [-0.05, 0) is 30.9 Å². The van der Waals surface area contributed by atoms with Gasteiger partial charge in [-0.1, -0.05) is 43.1 Å². The first kappa shape index (κ1) is 15.6. The number of rotatable bonds is 5. The van der Waals surface area contributed by atoms with E-state index in [0.29, 0.717) is 16.6 Å². The van der Waals surface area contributed by atoms with E-state index >= 15 is 0 Å². The van der Waals surface area contributed by atoms with Crippen molar-refractivity contribution < 1.29 is 4.79 Å². The molecular weight excluding hydrogens is 295 g/mol. The average Bonchev–Trinajstić information content (AvgIpc) is 3.21. The highest BCUT2D eigenvalue weighted by Gasteiger charge is 2.36. The van der Waals surface area contributed by atoms with Gasteiger partial charge in [0, 0.05) is 28.2 Å². The molecular formula is C15H20Cl2N2O. The fraction of sp³-hybridized carbons (Fsp3) is 0.533. The molecule has 0 bridgehead atoms. The predicted molar refractivity (Wildman–Crippen MR) is 82.8 cm³/mol. The van der Waals surface area contributed by atoms with E-state index in [0.717, 1.165) is 18.4 Å². The van der Waals surface area contributed by atoms with Crippen LogP contribution in [0.1, 0.15) is 32.3 Å². The van der Waals surface area contributed by atoms with Crippen LogP contribution in [0.25, 0.3) is 0 Å². The maximum atomic E-state index is 12.5. The summed E-state index contributed by atoms with van der Waals surface area (Å²) in [4.78, 5) is 14.3. The Labute approximate surface area is 130 Å². The fourth-order valence-corrected chi connectivity index (χ4v) is 2.62. The highest BCUT2D eigenvalue weighted by molar-refractivity contribution is 6.36. The molecule has 0 saturated heterocycles. The second-order valence-electron chi connectivity index (χ2n) is 5.67. The standard InChI is InChI=1S/C15H20Cl2N2O/c1-9(2)14(18)15(20)19(10-6-7-10)8-11-12(16)4-3-5-13(11)17/h3-5,9-10,14H,6-8,18H2,1-2H3/t14-/m0/s1. The predicted octanol–water partition coefficient (Wildman–Crippen LogP) is 3.47. The molecule has 1 aliphatic rings. The zero-order valence-corrected chi connectivity index (χ0v) is 13.3. The molecule has 1 atom stereocenters. The summed E-state index contributed by atoms with van der Waals surface area (Å²) >= 11 is 12.4. The van der Waals surface area contributed by atoms with Crippen molar-refractivity contribution in [3.05, 3.63) is 33.8 Å². The first-order valence-corrected chi connectivity index (χ1v) is 7.66. The van der Waals surface area contributed by atoms with E-state index in [1.807, 2.05) is 18.7 Å². The number of carbonyl (C=O) groups is 1. The number of amides is 1. The lowest BCUT2D eigenvalue weighted by Crippen LogP contribution is -2.47. The van der Waals surface area contributed by atoms with Gasteiger partial charge in [-0.2, -0.15) is 0 Å². The molecule has 5 heteroatoms. The van der Waals surface area contributed by atoms with Gasteiger partial charge in [0.1, 0.15) is 0 Å². The van der Waals surface area contributed by atoms with E-state index < -0.39 is 6.04 Å². The van der Waals surface area contributed by atoms with Crippen molar-refractivity contribution >= 4 is 29.1 Å². The zero-order valence-electron chi connectivity index (χ0n) is 11.8. The minimum atomic E-state index is -0.475. The molecule has 0 aromatic heterocycles. The molecule has 0 unspecified atom stereocenters. The van der Waals surface area contributed by atoms with Gasteiger partial charge in [0.2, 0.25) is 5.91 Å². The van der Waals surface area contributed by atoms with Gasteiger partial charge in [-0.3, -0.25) is 4.79 Å². The van der Waals surface area contributed by atoms with Crippen molar-refractivity contribution in [3.63, 3.8) is 0 Å². The van der Waals surface area contributed by atoms with E-state index in [1.165, 1.54) is 0 Å². The summed E-state index contributed by atoms with van der Waals surface area (Å²) in [5, 5.41) is 1.18. The molecule has 0 radical (unpaired) electrons. The van der Waals surface area contributed by atoms with Crippen LogP contribution in [0.4, 0.5) is 0 Å². The van der Waals surface area contributed by atoms with Crippen molar-refractivity contribution in [1.29, 1.82) is 0 Å². The molecule has 1 saturated carbocycles. The zero-order chi connectivity index (χ0) is 14.9. The quantitative estimate of drug-likeness (QED) is 0.904. The molecule has 1 aliphatic carbocycles. The van der Waals surface area contributed by atoms with Crippen LogP contribution in [0.2, 0.25) is 10.0 Å². The molecule has 110 valence electrons. The van der Waals surface area contributed by atoms with E-state index in [2.05, 4.69) is 0 Å². The number of benzene rings is 1. The maximum absolute atomic E-state index is 12.5. The molecule has 1 aromatic rings. The average molecular weight is 315 g/mol. The van der Waals surface area contributed by atoms with E-state index in [1.54, 1.807) is 18.2 Å². The van der Waals surface area contributed by atoms with Crippen LogP contribution in [0, 0.1) is 5.92 Å². The molecule has 0 aliphatic heterocycles. The van der Waals surface area contributed by atoms with E-state index in [4.69, 9.17) is 28.9 Å². The second kappa shape index (κ2) is 6.33. The molecule has 3 nitrogen and oxygen atoms in total. The summed E-state index contributed by atoms with van der Waals surface area (Å²) in [5.74, 6) is 0.101. The number of nitrogens with zero attached hydrogens (tertiary/aromatic N) is 1. The van der Waals surface area contributed by atoms with Gasteiger partial charge in [0.15, 0.2) is 0 Å². The number of carbonyl (C=O) groups excluding carboxylic acids is 1. The van der Waals surface area contributed by atoms with Crippen LogP contribution >= 0.6 is 23.2 Å². The lowest BCUT2D eigenvalue weighted by molar-refractivity contribution is -0.134. The minimum Gasteiger partial charge on any atom is -0.334 e. The van der Waals surface area contributed by atoms with Gasteiger partial charge < -0.3 is 10.6 Å². The Hall–Kier alpha value is -0.770. The van der Waals surface area contributed by atoms with Gasteiger partial charge in [-0.25, -0.2) is 0 Å². The maximum Gasteiger partial charge on any atom is 0.240 e. The van der Waals surface area contributed by atoms with E-state index in [-0.39, 0.29) is 17.9 Å². The minimum absolute atomic E-state index is 0.0153. The van der Waals surface area contributed by atoms with Gasteiger partial charge >= 0.3 is 0 Å². The summed E-state index contributed by atoms with van der Waals surface area (Å²) in [5.41, 5.74) is 6.80. The summed E-state index contributed by atoms with van der Waals surface area (Å²) < 4.78 is 0. The summed E-state index contributed by atoms with van der Waals surface area (Å²) in [6.45, 7) is 4.34. The number of hydrogen-bond acceptors (Lipinski definition) is 2. The highest BCUT2D eigenvalue weighted by Crippen LogP contribution is 2.33. The SMILES string of the molecule is CC(C)[C@H](N)C(=O)N(Cc1c(Cl)cccc1Cl)C1CC1. The van der Waals surface area contributed by atoms with Crippen molar-refractivity contribution in [2.24, 2.45) is 11.7 Å². The van der Waals surface area contributed by atoms with Crippen LogP contribution in [-0.2, 0) is 11.3 Å². The molecule has 1 fully saturated rings. The third-order valence-electron chi connectivity index (χ3n) is 3.66. The highest BCUT2D eigenvalue weighted by atomic mass is 35.5. The van der Waals surface area contributed by atoms with Crippen molar-refractivity contribution in [2.75, 3.05) is 0 Å². The van der Waals surface area contributed by atoms with E-state index in [9.17, 15) is 4.79 Å². The second-order valence-corrected chi connectivity index (χ2v) is 6.48. The van der Waals surface area contributed by atoms with Crippen LogP contribution in [0.15, 0.2) is 18.2 Å². The van der Waals surface area contributed by atoms with Crippen LogP contribution < -0.4 is 5.73 Å². The number of nitrogens with two attached hydrogens (primary N) is 1. The van der Waals surface area contributed by atoms with Crippen LogP contribution in [0.3, 0.4) is 0 Å².